The van der Waals surface area contributed by atoms with Crippen molar-refractivity contribution in [2.45, 2.75) is 137 Å². The molecule has 1 aromatic carbocycles. The maximum atomic E-state index is 14.9. The molecule has 3 fully saturated rings. The molecule has 4 heterocycles. The molecule has 0 radical (unpaired) electrons. The minimum Gasteiger partial charge on any atom is -0.458 e. The van der Waals surface area contributed by atoms with Gasteiger partial charge in [0.2, 0.25) is 47.3 Å². The Labute approximate surface area is 491 Å². The van der Waals surface area contributed by atoms with Crippen LogP contribution in [0.25, 0.3) is 22.6 Å². The number of esters is 2. The highest BCUT2D eigenvalue weighted by molar-refractivity contribution is 6.10. The molecular formula is C57H78N12O16. The molecule has 0 bridgehead atoms. The number of aromatic nitrogens is 1. The average Bonchev–Trinajstić information content (AvgIpc) is 1.60. The van der Waals surface area contributed by atoms with E-state index >= 15 is 0 Å². The van der Waals surface area contributed by atoms with Gasteiger partial charge in [-0.2, -0.15) is 0 Å². The van der Waals surface area contributed by atoms with Crippen molar-refractivity contribution in [3.8, 4) is 11.5 Å². The van der Waals surface area contributed by atoms with Gasteiger partial charge in [-0.25, -0.2) is 14.6 Å². The van der Waals surface area contributed by atoms with Crippen molar-refractivity contribution < 1.29 is 71.4 Å². The summed E-state index contributed by atoms with van der Waals surface area (Å²) < 4.78 is 17.8. The van der Waals surface area contributed by atoms with Crippen LogP contribution in [0.15, 0.2) is 21.3 Å². The normalized spacial score (nSPS) is 21.6. The molecule has 0 spiro atoms. The maximum absolute atomic E-state index is 14.9. The van der Waals surface area contributed by atoms with Crippen LogP contribution in [0.2, 0.25) is 0 Å². The molecule has 3 saturated heterocycles. The van der Waals surface area contributed by atoms with E-state index in [0.29, 0.717) is 37.8 Å². The number of rotatable bonds is 15. The number of carbonyl (C=O) groups is 12. The van der Waals surface area contributed by atoms with Crippen molar-refractivity contribution in [2.24, 2.45) is 17.8 Å². The highest BCUT2D eigenvalue weighted by Crippen LogP contribution is 2.35. The van der Waals surface area contributed by atoms with Gasteiger partial charge in [-0.05, 0) is 75.8 Å². The Morgan fingerprint density at radius 2 is 1.58 bits per heavy atom. The molecule has 0 saturated carbocycles. The lowest BCUT2D eigenvalue weighted by Gasteiger charge is -2.36. The topological polar surface area (TPSA) is 360 Å². The molecule has 1 aromatic rings. The molecule has 6 rings (SSSR count). The van der Waals surface area contributed by atoms with E-state index in [-0.39, 0.29) is 41.0 Å². The molecule has 0 aromatic heterocycles. The summed E-state index contributed by atoms with van der Waals surface area (Å²) in [6, 6.07) is -4.60. The monoisotopic (exact) mass is 1190 g/mol. The number of anilines is 1. The number of nitrogen functional groups attached to an aromatic ring is 1. The number of likely N-dealkylation sites (N-methyl/N-ethyl adjacent to an activating group) is 5. The number of hydrogen-bond acceptors (Lipinski definition) is 18. The van der Waals surface area contributed by atoms with Crippen LogP contribution in [0.5, 0.6) is 0 Å². The number of carbonyl (C=O) groups excluding carboxylic acids is 12. The van der Waals surface area contributed by atoms with Gasteiger partial charge in [-0.1, -0.05) is 47.6 Å². The number of nitrogens with zero attached hydrogens (tertiary/aromatic N) is 7. The first-order valence-corrected chi connectivity index (χ1v) is 28.1. The van der Waals surface area contributed by atoms with E-state index < -0.39 is 167 Å². The summed E-state index contributed by atoms with van der Waals surface area (Å²) in [5.41, 5.74) is 3.35. The summed E-state index contributed by atoms with van der Waals surface area (Å²) in [5.74, 6) is -11.5. The molecule has 85 heavy (non-hydrogen) atoms. The van der Waals surface area contributed by atoms with E-state index in [4.69, 9.17) is 24.6 Å². The highest BCUT2D eigenvalue weighted by Gasteiger charge is 2.44. The van der Waals surface area contributed by atoms with Crippen LogP contribution in [0.1, 0.15) is 106 Å². The number of cyclic esters (lactones) is 1. The Morgan fingerprint density at radius 3 is 2.19 bits per heavy atom. The molecule has 28 heteroatoms. The molecule has 6 N–H and O–H groups in total. The number of nitrogens with one attached hydrogen (secondary N) is 4. The fourth-order valence-corrected chi connectivity index (χ4v) is 11.0. The number of ether oxygens (including phenoxy) is 2. The van der Waals surface area contributed by atoms with Gasteiger partial charge < -0.3 is 70.3 Å². The van der Waals surface area contributed by atoms with Crippen molar-refractivity contribution in [3.63, 3.8) is 0 Å². The third-order valence-corrected chi connectivity index (χ3v) is 15.8. The lowest BCUT2D eigenvalue weighted by atomic mass is 9.99. The second-order valence-corrected chi connectivity index (χ2v) is 22.9. The first-order valence-electron chi connectivity index (χ1n) is 28.1. The second-order valence-electron chi connectivity index (χ2n) is 22.9. The zero-order chi connectivity index (χ0) is 63.4. The third kappa shape index (κ3) is 13.6. The third-order valence-electron chi connectivity index (χ3n) is 15.8. The molecule has 3 unspecified atom stereocenters. The summed E-state index contributed by atoms with van der Waals surface area (Å²) in [4.78, 5) is 192. The molecule has 462 valence electrons. The van der Waals surface area contributed by atoms with Crippen LogP contribution in [0.4, 0.5) is 5.69 Å². The summed E-state index contributed by atoms with van der Waals surface area (Å²) in [6.45, 7) is 13.8. The van der Waals surface area contributed by atoms with Gasteiger partial charge in [0.15, 0.2) is 11.3 Å². The number of amides is 10. The molecule has 8 atom stereocenters. The summed E-state index contributed by atoms with van der Waals surface area (Å²) in [5, 5.41) is 9.93. The molecule has 10 amide bonds. The van der Waals surface area contributed by atoms with Crippen molar-refractivity contribution in [1.29, 1.82) is 0 Å². The second kappa shape index (κ2) is 26.9. The van der Waals surface area contributed by atoms with Gasteiger partial charge in [0, 0.05) is 53.9 Å². The van der Waals surface area contributed by atoms with E-state index in [1.54, 1.807) is 48.5 Å². The van der Waals surface area contributed by atoms with Crippen molar-refractivity contribution in [2.75, 3.05) is 67.2 Å². The van der Waals surface area contributed by atoms with Gasteiger partial charge in [0.25, 0.3) is 23.9 Å². The van der Waals surface area contributed by atoms with Crippen LogP contribution >= 0.6 is 0 Å². The lowest BCUT2D eigenvalue weighted by Crippen LogP contribution is -2.61. The first-order chi connectivity index (χ1) is 39.9. The van der Waals surface area contributed by atoms with E-state index in [9.17, 15) is 62.3 Å². The molecule has 4 aliphatic heterocycles. The van der Waals surface area contributed by atoms with Gasteiger partial charge in [-0.15, -0.1) is 0 Å². The zero-order valence-electron chi connectivity index (χ0n) is 50.5. The number of likely N-dealkylation sites (tertiary alicyclic amines) is 1. The molecule has 28 nitrogen and oxygen atoms in total. The Balaban J connectivity index is 1.37. The number of benzene rings is 2. The number of fused-ring (bicyclic) bond motifs is 3. The average molecular weight is 1190 g/mol. The smallest absolute Gasteiger partial charge is 0.331 e. The van der Waals surface area contributed by atoms with E-state index in [2.05, 4.69) is 21.3 Å². The Morgan fingerprint density at radius 1 is 0.918 bits per heavy atom. The van der Waals surface area contributed by atoms with Gasteiger partial charge in [0.05, 0.1) is 29.9 Å². The minimum atomic E-state index is -2.15. The van der Waals surface area contributed by atoms with E-state index in [1.165, 1.54) is 75.9 Å². The maximum Gasteiger partial charge on any atom is 0.331 e. The Hall–Kier alpha value is -8.72. The van der Waals surface area contributed by atoms with Crippen molar-refractivity contribution in [1.82, 2.24) is 55.7 Å². The number of nitrogens with two attached hydrogens (primary N) is 1. The van der Waals surface area contributed by atoms with Crippen LogP contribution in [-0.4, -0.2) is 216 Å². The largest absolute Gasteiger partial charge is 0.458 e. The fourth-order valence-electron chi connectivity index (χ4n) is 11.0. The van der Waals surface area contributed by atoms with E-state index in [0.717, 1.165) is 14.7 Å². The van der Waals surface area contributed by atoms with Gasteiger partial charge >= 0.3 is 11.9 Å². The van der Waals surface area contributed by atoms with Crippen LogP contribution in [0, 0.1) is 31.6 Å². The van der Waals surface area contributed by atoms with Gasteiger partial charge in [0.1, 0.15) is 53.6 Å². The predicted octanol–water partition coefficient (Wildman–Crippen LogP) is -0.484. The van der Waals surface area contributed by atoms with E-state index in [1.807, 2.05) is 0 Å². The predicted molar refractivity (Wildman–Crippen MR) is 304 cm³/mol. The number of hydrogen-bond donors (Lipinski definition) is 5. The molecule has 5 aliphatic rings. The molecular weight excluding hydrogens is 1110 g/mol. The minimum absolute atomic E-state index is 0.0772. The van der Waals surface area contributed by atoms with Crippen molar-refractivity contribution in [3.05, 3.63) is 44.6 Å². The van der Waals surface area contributed by atoms with Crippen LogP contribution < -0.4 is 32.4 Å². The quantitative estimate of drug-likeness (QED) is 0.0422. The Bertz CT molecular complexity index is 3200. The first kappa shape index (κ1) is 65.4. The molecule has 1 aliphatic carbocycles. The van der Waals surface area contributed by atoms with Crippen molar-refractivity contribution >= 4 is 88.3 Å². The summed E-state index contributed by atoms with van der Waals surface area (Å²) in [7, 11) is 6.64. The SMILES string of the molecule is CNC(=O)C(NC(=O)c1c2nc3c(C(=O)NC4C(=O)NC(C(C)C)C(=O)N5CCC[C@H]5C(=O)N(C)CC(=O)N(C)[C@@H](C(C)C)C(=O)O[C@@H]4C)ccc(C)c3oc-2c(C)c(=O)c1N)OC(=O)[C@H](C(C)C)N(C)C(=O)CN(C)C(=O)[C@@H]1CCCN1C=O. The highest BCUT2D eigenvalue weighted by atomic mass is 16.6. The zero-order valence-corrected chi connectivity index (χ0v) is 50.5. The van der Waals surface area contributed by atoms with Crippen LogP contribution in [0.3, 0.4) is 0 Å². The van der Waals surface area contributed by atoms with Gasteiger partial charge in [-0.3, -0.25) is 52.7 Å². The summed E-state index contributed by atoms with van der Waals surface area (Å²) in [6.07, 6.45) is -1.34. The Kier molecular flexibility index (Phi) is 20.7. The summed E-state index contributed by atoms with van der Waals surface area (Å²) >= 11 is 0. The fraction of sp³-hybridized carbons (Fsp3) is 0.579. The van der Waals surface area contributed by atoms with Crippen LogP contribution in [-0.2, 0) is 57.4 Å². The lowest BCUT2D eigenvalue weighted by molar-refractivity contribution is -0.166. The number of aryl methyl sites for hydroxylation is 1. The standard InChI is InChI=1S/C57H78N12O16/c1-26(2)39-55(80)69-22-16-18-34(69)54(79)65(12)24-36(72)66(13)43(27(3)4)56(81)83-31(9)40(50(76)61-39)62-48(74)32-20-19-29(7)46-41(32)60-42-37(38(58)45(73)30(8)47(42)84-46)49(75)63-52(51(77)59-10)85-57(82)44(28(5)6)67(14)35(71)23-64(11)53(78)33-17-15-21-68(33)25-70/h19-20,25-28,31,33-34,39-40,43-44,52H,15-18,21-24,58H2,1-14H3,(H,59,77)(H,61,76)(H,62,74)(H,63,75)/t31-,33+,34+,39?,40?,43+,44+,52?/m1/s1.